The van der Waals surface area contributed by atoms with Crippen molar-refractivity contribution < 1.29 is 58.1 Å². The Balaban J connectivity index is 7.08. The number of hydrogen-bond donors (Lipinski definition) is 5. The van der Waals surface area contributed by atoms with Gasteiger partial charge in [0.2, 0.25) is 6.87 Å². The lowest BCUT2D eigenvalue weighted by molar-refractivity contribution is 0.0406. The third kappa shape index (κ3) is 7.68. The SMILES string of the molecule is CO[Si](OC)(OC)O[Si](C)(C)O[Si](O[Si](C)(C)O)([Si]([SiH3])(OC)[SiH2]O)[Si](O[SiH2]O)([SiH2]O)[SiH2]O. The molecule has 0 rings (SSSR count). The van der Waals surface area contributed by atoms with E-state index in [1.54, 1.807) is 26.2 Å². The summed E-state index contributed by atoms with van der Waals surface area (Å²) in [7, 11) is -16.4. The molecule has 24 heteroatoms. The predicted molar refractivity (Wildman–Crippen MR) is 146 cm³/mol. The van der Waals surface area contributed by atoms with Crippen molar-refractivity contribution >= 4 is 95.1 Å². The topological polar surface area (TPSA) is 175 Å². The van der Waals surface area contributed by atoms with E-state index in [1.165, 1.54) is 28.4 Å². The highest BCUT2D eigenvalue weighted by atomic mass is 30.2. The maximum absolute atomic E-state index is 10.9. The van der Waals surface area contributed by atoms with Crippen molar-refractivity contribution in [3.05, 3.63) is 0 Å². The first-order chi connectivity index (χ1) is 14.6. The molecule has 32 heavy (non-hydrogen) atoms. The van der Waals surface area contributed by atoms with Crippen molar-refractivity contribution in [2.45, 2.75) is 26.2 Å². The molecule has 0 spiro atoms. The van der Waals surface area contributed by atoms with Crippen LogP contribution in [0.1, 0.15) is 0 Å². The molecule has 2 unspecified atom stereocenters. The van der Waals surface area contributed by atoms with Crippen LogP contribution in [0.5, 0.6) is 0 Å². The van der Waals surface area contributed by atoms with Gasteiger partial charge in [0.1, 0.15) is 0 Å². The highest BCUT2D eigenvalue weighted by Crippen LogP contribution is 2.35. The van der Waals surface area contributed by atoms with E-state index < -0.39 is 85.4 Å². The number of rotatable bonds is 17. The Kier molecular flexibility index (Phi) is 14.2. The second-order valence-electron chi connectivity index (χ2n) is 8.06. The lowest BCUT2D eigenvalue weighted by atomic mass is 11.8. The highest BCUT2D eigenvalue weighted by molar-refractivity contribution is 7.95. The maximum Gasteiger partial charge on any atom is 0.669 e. The molecule has 0 aromatic rings. The first kappa shape index (κ1) is 33.9. The molecule has 13 nitrogen and oxygen atoms in total. The minimum Gasteiger partial charge on any atom is -0.440 e. The van der Waals surface area contributed by atoms with Gasteiger partial charge >= 0.3 is 33.8 Å². The van der Waals surface area contributed by atoms with E-state index in [2.05, 4.69) is 0 Å². The molecular formula is C8H40O13Si11. The summed E-state index contributed by atoms with van der Waals surface area (Å²) in [5.41, 5.74) is 0. The van der Waals surface area contributed by atoms with Crippen molar-refractivity contribution in [2.75, 3.05) is 28.4 Å². The first-order valence-corrected chi connectivity index (χ1v) is 38.2. The molecular weight excluding hydrogens is 613 g/mol. The molecule has 0 heterocycles. The first-order valence-electron chi connectivity index (χ1n) is 9.72. The van der Waals surface area contributed by atoms with Crippen molar-refractivity contribution in [1.82, 2.24) is 0 Å². The molecule has 0 aromatic carbocycles. The normalized spacial score (nSPS) is 20.9. The van der Waals surface area contributed by atoms with Gasteiger partial charge in [0.05, 0.1) is 0 Å². The molecule has 0 aliphatic carbocycles. The lowest BCUT2D eigenvalue weighted by Crippen LogP contribution is -2.92. The molecule has 0 aliphatic heterocycles. The van der Waals surface area contributed by atoms with Crippen LogP contribution in [0.2, 0.25) is 26.2 Å². The quantitative estimate of drug-likeness (QED) is 0.0939. The minimum absolute atomic E-state index is 0.352. The van der Waals surface area contributed by atoms with Gasteiger partial charge in [-0.25, -0.2) is 0 Å². The maximum atomic E-state index is 10.9. The Labute approximate surface area is 207 Å². The second kappa shape index (κ2) is 13.4. The molecule has 0 saturated carbocycles. The molecule has 0 aromatic heterocycles. The standard InChI is InChI=1S/C8H40O13Si11/c1-14-29(15-2,16-3)20-28(7,8)21-30(19-27(5,6)13,31(22,17-4)24-10)32(25-11,26-12)18-23-9/h9-13H,23-26H2,1-8,22H3. The Morgan fingerprint density at radius 3 is 1.44 bits per heavy atom. The smallest absolute Gasteiger partial charge is 0.440 e. The summed E-state index contributed by atoms with van der Waals surface area (Å²) in [5, 5.41) is 0. The van der Waals surface area contributed by atoms with E-state index in [1.807, 2.05) is 0 Å². The summed E-state index contributed by atoms with van der Waals surface area (Å²) >= 11 is 0. The van der Waals surface area contributed by atoms with E-state index in [9.17, 15) is 24.0 Å². The second-order valence-corrected chi connectivity index (χ2v) is 73.4. The molecule has 0 radical (unpaired) electrons. The van der Waals surface area contributed by atoms with Gasteiger partial charge in [0.25, 0.3) is 16.9 Å². The van der Waals surface area contributed by atoms with E-state index in [-0.39, 0.29) is 0 Å². The Morgan fingerprint density at radius 2 is 1.16 bits per heavy atom. The Morgan fingerprint density at radius 1 is 0.688 bits per heavy atom. The third-order valence-electron chi connectivity index (χ3n) is 4.80. The predicted octanol–water partition coefficient (Wildman–Crippen LogP) is -7.47. The van der Waals surface area contributed by atoms with Crippen molar-refractivity contribution in [3.63, 3.8) is 0 Å². The van der Waals surface area contributed by atoms with Crippen molar-refractivity contribution in [2.24, 2.45) is 0 Å². The fourth-order valence-corrected chi connectivity index (χ4v) is 165. The van der Waals surface area contributed by atoms with E-state index >= 15 is 0 Å². The van der Waals surface area contributed by atoms with Gasteiger partial charge in [0, 0.05) is 38.2 Å². The van der Waals surface area contributed by atoms with Crippen LogP contribution < -0.4 is 0 Å². The van der Waals surface area contributed by atoms with Crippen molar-refractivity contribution in [3.8, 4) is 0 Å². The summed E-state index contributed by atoms with van der Waals surface area (Å²) in [6.07, 6.45) is 0. The highest BCUT2D eigenvalue weighted by Gasteiger charge is 2.75. The van der Waals surface area contributed by atoms with Crippen LogP contribution >= 0.6 is 0 Å². The fourth-order valence-electron chi connectivity index (χ4n) is 3.17. The zero-order valence-corrected chi connectivity index (χ0v) is 34.0. The van der Waals surface area contributed by atoms with Crippen LogP contribution in [0.25, 0.3) is 0 Å². The van der Waals surface area contributed by atoms with Gasteiger partial charge in [-0.2, -0.15) is 0 Å². The zero-order chi connectivity index (χ0) is 25.5. The fraction of sp³-hybridized carbons (Fsp3) is 1.00. The van der Waals surface area contributed by atoms with Gasteiger partial charge in [-0.15, -0.1) is 0 Å². The van der Waals surface area contributed by atoms with Crippen LogP contribution in [0.4, 0.5) is 0 Å². The summed E-state index contributed by atoms with van der Waals surface area (Å²) in [6.45, 7) is -0.221. The van der Waals surface area contributed by atoms with E-state index in [4.69, 9.17) is 34.2 Å². The van der Waals surface area contributed by atoms with Gasteiger partial charge in [-0.3, -0.25) is 0 Å². The molecule has 0 aliphatic rings. The molecule has 5 N–H and O–H groups in total. The molecule has 2 atom stereocenters. The summed E-state index contributed by atoms with van der Waals surface area (Å²) in [5.74, 6) is 0. The molecule has 0 saturated heterocycles. The molecule has 0 bridgehead atoms. The third-order valence-corrected chi connectivity index (χ3v) is 99.9. The average Bonchev–Trinajstić information content (AvgIpc) is 2.73. The Bertz CT molecular complexity index is 546. The van der Waals surface area contributed by atoms with E-state index in [0.29, 0.717) is 9.76 Å². The minimum atomic E-state index is -3.95. The summed E-state index contributed by atoms with van der Waals surface area (Å²) in [6, 6.07) is 0. The van der Waals surface area contributed by atoms with Gasteiger partial charge in [0.15, 0.2) is 27.8 Å². The van der Waals surface area contributed by atoms with Crippen LogP contribution in [0.3, 0.4) is 0 Å². The summed E-state index contributed by atoms with van der Waals surface area (Å²) < 4.78 is 47.3. The lowest BCUT2D eigenvalue weighted by Gasteiger charge is -2.54. The summed E-state index contributed by atoms with van der Waals surface area (Å²) in [4.78, 5) is 52.6. The largest absolute Gasteiger partial charge is 0.669 e. The van der Waals surface area contributed by atoms with E-state index in [0.717, 1.165) is 0 Å². The Hall–Kier alpha value is 1.87. The van der Waals surface area contributed by atoms with Crippen LogP contribution in [0, 0.1) is 0 Å². The van der Waals surface area contributed by atoms with Gasteiger partial charge in [-0.05, 0) is 26.2 Å². The average molecular weight is 653 g/mol. The number of hydrogen-bond acceptors (Lipinski definition) is 13. The van der Waals surface area contributed by atoms with Gasteiger partial charge < -0.3 is 58.1 Å². The van der Waals surface area contributed by atoms with Crippen LogP contribution in [0.15, 0.2) is 0 Å². The zero-order valence-electron chi connectivity index (χ0n) is 20.3. The molecule has 194 valence electrons. The van der Waals surface area contributed by atoms with Crippen LogP contribution in [-0.4, -0.2) is 148 Å². The monoisotopic (exact) mass is 652 g/mol. The van der Waals surface area contributed by atoms with Crippen molar-refractivity contribution in [1.29, 1.82) is 0 Å². The molecule has 0 amide bonds. The van der Waals surface area contributed by atoms with Gasteiger partial charge in [-0.1, -0.05) is 0 Å². The van der Waals surface area contributed by atoms with Crippen LogP contribution in [-0.2, 0) is 34.2 Å². The molecule has 0 fully saturated rings.